The van der Waals surface area contributed by atoms with Crippen molar-refractivity contribution >= 4 is 22.8 Å². The molecule has 0 saturated carbocycles. The van der Waals surface area contributed by atoms with Gasteiger partial charge in [0, 0.05) is 32.2 Å². The van der Waals surface area contributed by atoms with Gasteiger partial charge < -0.3 is 19.9 Å². The fourth-order valence-electron chi connectivity index (χ4n) is 3.95. The predicted molar refractivity (Wildman–Crippen MR) is 82.4 cm³/mol. The third kappa shape index (κ3) is 1.74. The van der Waals surface area contributed by atoms with Gasteiger partial charge in [0.05, 0.1) is 16.7 Å². The van der Waals surface area contributed by atoms with E-state index >= 15 is 0 Å². The Morgan fingerprint density at radius 2 is 1.95 bits per heavy atom. The molecule has 0 radical (unpaired) electrons. The fraction of sp³-hybridized carbons (Fsp3) is 0.467. The van der Waals surface area contributed by atoms with Crippen molar-refractivity contribution in [1.29, 1.82) is 0 Å². The minimum absolute atomic E-state index is 0.126. The van der Waals surface area contributed by atoms with E-state index in [1.165, 1.54) is 4.90 Å². The maximum absolute atomic E-state index is 11.9. The lowest BCUT2D eigenvalue weighted by Crippen LogP contribution is -2.55. The topological polar surface area (TPSA) is 81.6 Å². The van der Waals surface area contributed by atoms with Gasteiger partial charge in [0.1, 0.15) is 0 Å². The molecule has 0 unspecified atom stereocenters. The smallest absolute Gasteiger partial charge is 0.407 e. The van der Waals surface area contributed by atoms with Gasteiger partial charge in [0.15, 0.2) is 0 Å². The first kappa shape index (κ1) is 13.2. The molecule has 22 heavy (non-hydrogen) atoms. The van der Waals surface area contributed by atoms with E-state index in [1.54, 1.807) is 11.6 Å². The van der Waals surface area contributed by atoms with Crippen LogP contribution >= 0.6 is 0 Å². The number of hydrogen-bond acceptors (Lipinski definition) is 3. The van der Waals surface area contributed by atoms with Gasteiger partial charge in [-0.3, -0.25) is 4.57 Å². The highest BCUT2D eigenvalue weighted by atomic mass is 16.4. The third-order valence-corrected chi connectivity index (χ3v) is 4.93. The van der Waals surface area contributed by atoms with Crippen molar-refractivity contribution in [2.75, 3.05) is 18.0 Å². The van der Waals surface area contributed by atoms with Crippen LogP contribution in [0.3, 0.4) is 0 Å². The van der Waals surface area contributed by atoms with E-state index in [2.05, 4.69) is 9.88 Å². The molecule has 1 aromatic carbocycles. The average Bonchev–Trinajstić information content (AvgIpc) is 2.92. The molecule has 7 nitrogen and oxygen atoms in total. The molecular weight excluding hydrogens is 284 g/mol. The summed E-state index contributed by atoms with van der Waals surface area (Å²) in [5.74, 6) is 0. The molecular formula is C15H18N4O3. The lowest BCUT2D eigenvalue weighted by molar-refractivity contribution is 0.133. The van der Waals surface area contributed by atoms with E-state index in [4.69, 9.17) is 0 Å². The summed E-state index contributed by atoms with van der Waals surface area (Å²) in [7, 11) is 1.76. The van der Waals surface area contributed by atoms with Crippen LogP contribution in [0.2, 0.25) is 0 Å². The molecule has 2 aliphatic heterocycles. The van der Waals surface area contributed by atoms with Crippen molar-refractivity contribution in [1.82, 2.24) is 14.5 Å². The number of hydrogen-bond donors (Lipinski definition) is 2. The molecule has 1 aromatic heterocycles. The zero-order valence-corrected chi connectivity index (χ0v) is 12.3. The quantitative estimate of drug-likeness (QED) is 0.829. The summed E-state index contributed by atoms with van der Waals surface area (Å²) < 4.78 is 1.63. The number of anilines is 1. The fourth-order valence-corrected chi connectivity index (χ4v) is 3.95. The summed E-state index contributed by atoms with van der Waals surface area (Å²) in [4.78, 5) is 29.8. The number of amides is 1. The zero-order valence-electron chi connectivity index (χ0n) is 12.3. The van der Waals surface area contributed by atoms with Crippen molar-refractivity contribution in [2.45, 2.75) is 24.9 Å². The molecule has 2 bridgehead atoms. The summed E-state index contributed by atoms with van der Waals surface area (Å²) in [6.07, 6.45) is 1.13. The van der Waals surface area contributed by atoms with E-state index < -0.39 is 6.09 Å². The summed E-state index contributed by atoms with van der Waals surface area (Å²) in [6.45, 7) is 1.06. The SMILES string of the molecule is Cn1c(=O)[nH]c2cccc(N3[C@@H]4CC[C@H]3CN(C(=O)O)C4)c21. The van der Waals surface area contributed by atoms with Gasteiger partial charge in [0.2, 0.25) is 0 Å². The Morgan fingerprint density at radius 1 is 1.27 bits per heavy atom. The van der Waals surface area contributed by atoms with E-state index in [0.717, 1.165) is 29.6 Å². The summed E-state index contributed by atoms with van der Waals surface area (Å²) in [5, 5.41) is 9.23. The van der Waals surface area contributed by atoms with Gasteiger partial charge in [-0.05, 0) is 25.0 Å². The molecule has 3 heterocycles. The van der Waals surface area contributed by atoms with Gasteiger partial charge in [-0.25, -0.2) is 9.59 Å². The Kier molecular flexibility index (Phi) is 2.72. The number of fused-ring (bicyclic) bond motifs is 3. The Labute approximate surface area is 126 Å². The second kappa shape index (κ2) is 4.53. The number of benzene rings is 1. The molecule has 0 spiro atoms. The van der Waals surface area contributed by atoms with Gasteiger partial charge >= 0.3 is 11.8 Å². The Hall–Kier alpha value is -2.44. The molecule has 2 atom stereocenters. The largest absolute Gasteiger partial charge is 0.465 e. The number of aromatic nitrogens is 2. The molecule has 7 heteroatoms. The summed E-state index contributed by atoms with van der Waals surface area (Å²) >= 11 is 0. The number of likely N-dealkylation sites (tertiary alicyclic amines) is 1. The average molecular weight is 302 g/mol. The number of carbonyl (C=O) groups is 1. The minimum atomic E-state index is -0.844. The van der Waals surface area contributed by atoms with Gasteiger partial charge in [-0.2, -0.15) is 0 Å². The second-order valence-electron chi connectivity index (χ2n) is 6.14. The van der Waals surface area contributed by atoms with Crippen molar-refractivity contribution < 1.29 is 9.90 Å². The van der Waals surface area contributed by atoms with Gasteiger partial charge in [-0.1, -0.05) is 6.07 Å². The highest BCUT2D eigenvalue weighted by Crippen LogP contribution is 2.37. The molecule has 116 valence electrons. The molecule has 2 fully saturated rings. The number of imidazole rings is 1. The Balaban J connectivity index is 1.81. The van der Waals surface area contributed by atoms with Gasteiger partial charge in [-0.15, -0.1) is 0 Å². The van der Waals surface area contributed by atoms with Crippen LogP contribution in [0, 0.1) is 0 Å². The molecule has 0 aliphatic carbocycles. The van der Waals surface area contributed by atoms with Gasteiger partial charge in [0.25, 0.3) is 0 Å². The number of nitrogens with zero attached hydrogens (tertiary/aromatic N) is 3. The van der Waals surface area contributed by atoms with Crippen LogP contribution < -0.4 is 10.6 Å². The summed E-state index contributed by atoms with van der Waals surface area (Å²) in [6, 6.07) is 6.24. The number of carboxylic acid groups (broad SMARTS) is 1. The number of H-pyrrole nitrogens is 1. The van der Waals surface area contributed by atoms with Crippen LogP contribution in [-0.4, -0.2) is 50.8 Å². The van der Waals surface area contributed by atoms with Crippen molar-refractivity contribution in [3.8, 4) is 0 Å². The summed E-state index contributed by atoms with van der Waals surface area (Å²) in [5.41, 5.74) is 2.62. The molecule has 1 amide bonds. The first-order valence-electron chi connectivity index (χ1n) is 7.50. The van der Waals surface area contributed by atoms with Crippen LogP contribution in [0.15, 0.2) is 23.0 Å². The maximum atomic E-state index is 11.9. The third-order valence-electron chi connectivity index (χ3n) is 4.93. The lowest BCUT2D eigenvalue weighted by Gasteiger charge is -2.41. The standard InChI is InChI=1S/C15H18N4O3/c1-17-13-11(16-14(17)20)3-2-4-12(13)19-9-5-6-10(19)8-18(7-9)15(21)22/h2-4,9-10H,5-8H2,1H3,(H,16,20)(H,21,22)/t9-,10+. The van der Waals surface area contributed by atoms with Crippen LogP contribution in [0.1, 0.15) is 12.8 Å². The van der Waals surface area contributed by atoms with Crippen LogP contribution in [0.5, 0.6) is 0 Å². The van der Waals surface area contributed by atoms with E-state index in [9.17, 15) is 14.7 Å². The van der Waals surface area contributed by atoms with Crippen LogP contribution in [0.4, 0.5) is 10.5 Å². The highest BCUT2D eigenvalue weighted by Gasteiger charge is 2.42. The first-order valence-corrected chi connectivity index (χ1v) is 7.50. The molecule has 2 saturated heterocycles. The number of aryl methyl sites for hydroxylation is 1. The molecule has 4 rings (SSSR count). The normalized spacial score (nSPS) is 24.2. The van der Waals surface area contributed by atoms with Crippen LogP contribution in [0.25, 0.3) is 11.0 Å². The van der Waals surface area contributed by atoms with Crippen LogP contribution in [-0.2, 0) is 7.05 Å². The van der Waals surface area contributed by atoms with Crippen molar-refractivity contribution in [3.05, 3.63) is 28.7 Å². The molecule has 2 aromatic rings. The van der Waals surface area contributed by atoms with E-state index in [0.29, 0.717) is 13.1 Å². The number of rotatable bonds is 1. The maximum Gasteiger partial charge on any atom is 0.407 e. The predicted octanol–water partition coefficient (Wildman–Crippen LogP) is 1.20. The number of para-hydroxylation sites is 1. The molecule has 2 N–H and O–H groups in total. The first-order chi connectivity index (χ1) is 10.6. The molecule has 2 aliphatic rings. The van der Waals surface area contributed by atoms with E-state index in [-0.39, 0.29) is 17.8 Å². The monoisotopic (exact) mass is 302 g/mol. The van der Waals surface area contributed by atoms with Crippen molar-refractivity contribution in [3.63, 3.8) is 0 Å². The number of aromatic amines is 1. The van der Waals surface area contributed by atoms with E-state index in [1.807, 2.05) is 18.2 Å². The number of nitrogens with one attached hydrogen (secondary N) is 1. The van der Waals surface area contributed by atoms with Crippen molar-refractivity contribution in [2.24, 2.45) is 7.05 Å². The lowest BCUT2D eigenvalue weighted by atomic mass is 10.1. The highest BCUT2D eigenvalue weighted by molar-refractivity contribution is 5.89. The second-order valence-corrected chi connectivity index (χ2v) is 6.14. The minimum Gasteiger partial charge on any atom is -0.465 e. The Morgan fingerprint density at radius 3 is 2.59 bits per heavy atom. The number of piperazine rings is 1. The zero-order chi connectivity index (χ0) is 15.4. The Bertz CT molecular complexity index is 795.